The molecule has 112 valence electrons. The molecule has 5 heteroatoms. The first kappa shape index (κ1) is 16.4. The first-order valence-electron chi connectivity index (χ1n) is 6.93. The van der Waals surface area contributed by atoms with Crippen LogP contribution in [0.4, 0.5) is 0 Å². The average molecular weight is 273 g/mol. The van der Waals surface area contributed by atoms with Gasteiger partial charge in [0.05, 0.1) is 18.6 Å². The highest BCUT2D eigenvalue weighted by molar-refractivity contribution is 5.71. The molecule has 5 nitrogen and oxygen atoms in total. The molecule has 0 aliphatic heterocycles. The van der Waals surface area contributed by atoms with Gasteiger partial charge in [-0.25, -0.2) is 0 Å². The number of carbonyl (C=O) groups is 1. The Morgan fingerprint density at radius 3 is 2.63 bits per heavy atom. The molecule has 0 bridgehead atoms. The summed E-state index contributed by atoms with van der Waals surface area (Å²) in [4.78, 5) is 11.3. The molecule has 1 aliphatic rings. The van der Waals surface area contributed by atoms with Crippen molar-refractivity contribution in [2.75, 3.05) is 20.3 Å². The van der Waals surface area contributed by atoms with E-state index in [1.165, 1.54) is 0 Å². The standard InChI is InChI=1S/C14H27NO4/c1-9-12(15-7-10(16)8-19-4)6-5-11(13(17)18)14(9,2)3/h9-12,15-16H,5-8H2,1-4H3,(H,17,18). The van der Waals surface area contributed by atoms with Crippen molar-refractivity contribution in [3.63, 3.8) is 0 Å². The number of aliphatic hydroxyl groups excluding tert-OH is 1. The summed E-state index contributed by atoms with van der Waals surface area (Å²) in [7, 11) is 1.56. The SMILES string of the molecule is COCC(O)CNC1CCC(C(=O)O)C(C)(C)C1C. The Balaban J connectivity index is 2.57. The molecule has 0 radical (unpaired) electrons. The number of aliphatic carboxylic acids is 1. The molecule has 0 spiro atoms. The van der Waals surface area contributed by atoms with Gasteiger partial charge in [-0.05, 0) is 24.2 Å². The normalized spacial score (nSPS) is 31.9. The summed E-state index contributed by atoms with van der Waals surface area (Å²) in [6.45, 7) is 6.94. The minimum Gasteiger partial charge on any atom is -0.481 e. The molecule has 0 saturated heterocycles. The molecule has 1 fully saturated rings. The van der Waals surface area contributed by atoms with Crippen molar-refractivity contribution in [2.24, 2.45) is 17.3 Å². The summed E-state index contributed by atoms with van der Waals surface area (Å²) in [5.74, 6) is -0.740. The van der Waals surface area contributed by atoms with Crippen LogP contribution in [0.25, 0.3) is 0 Å². The summed E-state index contributed by atoms with van der Waals surface area (Å²) >= 11 is 0. The van der Waals surface area contributed by atoms with Crippen LogP contribution in [0.1, 0.15) is 33.6 Å². The molecule has 3 N–H and O–H groups in total. The minimum absolute atomic E-state index is 0.242. The number of hydrogen-bond donors (Lipinski definition) is 3. The molecule has 1 rings (SSSR count). The Bertz CT molecular complexity index is 306. The lowest BCUT2D eigenvalue weighted by Gasteiger charge is -2.46. The molecule has 0 aromatic heterocycles. The van der Waals surface area contributed by atoms with E-state index in [9.17, 15) is 15.0 Å². The Kier molecular flexibility index (Phi) is 5.77. The van der Waals surface area contributed by atoms with Gasteiger partial charge >= 0.3 is 5.97 Å². The van der Waals surface area contributed by atoms with Crippen LogP contribution in [0.3, 0.4) is 0 Å². The van der Waals surface area contributed by atoms with E-state index >= 15 is 0 Å². The van der Waals surface area contributed by atoms with Gasteiger partial charge in [0.2, 0.25) is 0 Å². The van der Waals surface area contributed by atoms with Gasteiger partial charge in [0.1, 0.15) is 0 Å². The van der Waals surface area contributed by atoms with E-state index in [1.807, 2.05) is 13.8 Å². The Morgan fingerprint density at radius 2 is 2.11 bits per heavy atom. The zero-order valence-electron chi connectivity index (χ0n) is 12.3. The number of nitrogens with one attached hydrogen (secondary N) is 1. The molecule has 0 heterocycles. The fourth-order valence-corrected chi connectivity index (χ4v) is 3.06. The Hall–Kier alpha value is -0.650. The van der Waals surface area contributed by atoms with Crippen molar-refractivity contribution >= 4 is 5.97 Å². The Labute approximate surface area is 115 Å². The van der Waals surface area contributed by atoms with E-state index in [1.54, 1.807) is 7.11 Å². The van der Waals surface area contributed by atoms with Crippen molar-refractivity contribution in [3.8, 4) is 0 Å². The maximum absolute atomic E-state index is 11.3. The van der Waals surface area contributed by atoms with Crippen LogP contribution in [0.15, 0.2) is 0 Å². The van der Waals surface area contributed by atoms with Crippen LogP contribution in [0.5, 0.6) is 0 Å². The van der Waals surface area contributed by atoms with Gasteiger partial charge in [-0.3, -0.25) is 4.79 Å². The van der Waals surface area contributed by atoms with Crippen LogP contribution in [0, 0.1) is 17.3 Å². The van der Waals surface area contributed by atoms with Gasteiger partial charge in [-0.1, -0.05) is 20.8 Å². The second-order valence-corrected chi connectivity index (χ2v) is 6.20. The van der Waals surface area contributed by atoms with Gasteiger partial charge in [-0.2, -0.15) is 0 Å². The second-order valence-electron chi connectivity index (χ2n) is 6.20. The number of hydrogen-bond acceptors (Lipinski definition) is 4. The maximum Gasteiger partial charge on any atom is 0.307 e. The smallest absolute Gasteiger partial charge is 0.307 e. The van der Waals surface area contributed by atoms with Gasteiger partial charge in [-0.15, -0.1) is 0 Å². The lowest BCUT2D eigenvalue weighted by Crippen LogP contribution is -2.52. The molecule has 0 aromatic rings. The molecule has 19 heavy (non-hydrogen) atoms. The zero-order valence-corrected chi connectivity index (χ0v) is 12.3. The third-order valence-corrected chi connectivity index (χ3v) is 4.71. The minimum atomic E-state index is -0.699. The summed E-state index contributed by atoms with van der Waals surface area (Å²) < 4.78 is 4.89. The van der Waals surface area contributed by atoms with Crippen LogP contribution in [-0.2, 0) is 9.53 Å². The van der Waals surface area contributed by atoms with E-state index in [-0.39, 0.29) is 23.3 Å². The quantitative estimate of drug-likeness (QED) is 0.675. The molecule has 1 saturated carbocycles. The van der Waals surface area contributed by atoms with E-state index in [0.29, 0.717) is 19.6 Å². The molecule has 4 unspecified atom stereocenters. The van der Waals surface area contributed by atoms with E-state index in [0.717, 1.165) is 6.42 Å². The van der Waals surface area contributed by atoms with E-state index in [2.05, 4.69) is 12.2 Å². The predicted molar refractivity (Wildman–Crippen MR) is 73.0 cm³/mol. The van der Waals surface area contributed by atoms with Crippen LogP contribution in [-0.4, -0.2) is 48.6 Å². The fraction of sp³-hybridized carbons (Fsp3) is 0.929. The van der Waals surface area contributed by atoms with Crippen molar-refractivity contribution < 1.29 is 19.7 Å². The van der Waals surface area contributed by atoms with Crippen LogP contribution >= 0.6 is 0 Å². The maximum atomic E-state index is 11.3. The number of carboxylic acids is 1. The monoisotopic (exact) mass is 273 g/mol. The second kappa shape index (κ2) is 6.68. The largest absolute Gasteiger partial charge is 0.481 e. The molecule has 0 amide bonds. The van der Waals surface area contributed by atoms with E-state index < -0.39 is 12.1 Å². The summed E-state index contributed by atoms with van der Waals surface area (Å²) in [6, 6.07) is 0.247. The van der Waals surface area contributed by atoms with Gasteiger partial charge < -0.3 is 20.3 Å². The number of methoxy groups -OCH3 is 1. The van der Waals surface area contributed by atoms with Crippen molar-refractivity contribution in [3.05, 3.63) is 0 Å². The molecule has 4 atom stereocenters. The van der Waals surface area contributed by atoms with Crippen molar-refractivity contribution in [1.82, 2.24) is 5.32 Å². The molecular formula is C14H27NO4. The number of aliphatic hydroxyl groups is 1. The average Bonchev–Trinajstić information content (AvgIpc) is 2.31. The first-order chi connectivity index (χ1) is 8.80. The van der Waals surface area contributed by atoms with Crippen molar-refractivity contribution in [2.45, 2.75) is 45.8 Å². The predicted octanol–water partition coefficient (Wildman–Crippen LogP) is 1.11. The highest BCUT2D eigenvalue weighted by Crippen LogP contribution is 2.44. The Morgan fingerprint density at radius 1 is 1.47 bits per heavy atom. The number of rotatable bonds is 6. The highest BCUT2D eigenvalue weighted by atomic mass is 16.5. The summed E-state index contributed by atoms with van der Waals surface area (Å²) in [5, 5.41) is 22.3. The number of carboxylic acid groups (broad SMARTS) is 1. The number of ether oxygens (including phenoxy) is 1. The lowest BCUT2D eigenvalue weighted by atomic mass is 9.61. The third-order valence-electron chi connectivity index (χ3n) is 4.71. The lowest BCUT2D eigenvalue weighted by molar-refractivity contribution is -0.150. The highest BCUT2D eigenvalue weighted by Gasteiger charge is 2.46. The van der Waals surface area contributed by atoms with Gasteiger partial charge in [0.15, 0.2) is 0 Å². The van der Waals surface area contributed by atoms with Gasteiger partial charge in [0, 0.05) is 19.7 Å². The fourth-order valence-electron chi connectivity index (χ4n) is 3.06. The third kappa shape index (κ3) is 3.91. The van der Waals surface area contributed by atoms with Crippen molar-refractivity contribution in [1.29, 1.82) is 0 Å². The summed E-state index contributed by atoms with van der Waals surface area (Å²) in [5.41, 5.74) is -0.242. The van der Waals surface area contributed by atoms with Crippen LogP contribution < -0.4 is 5.32 Å². The topological polar surface area (TPSA) is 78.8 Å². The van der Waals surface area contributed by atoms with Crippen LogP contribution in [0.2, 0.25) is 0 Å². The zero-order chi connectivity index (χ0) is 14.6. The van der Waals surface area contributed by atoms with Gasteiger partial charge in [0.25, 0.3) is 0 Å². The molecule has 1 aliphatic carbocycles. The first-order valence-corrected chi connectivity index (χ1v) is 6.93. The summed E-state index contributed by atoms with van der Waals surface area (Å²) in [6.07, 6.45) is 1.00. The molecule has 0 aromatic carbocycles. The molecular weight excluding hydrogens is 246 g/mol. The van der Waals surface area contributed by atoms with E-state index in [4.69, 9.17) is 4.74 Å².